The standard InChI is InChI=1S/C35H33N3O6/c1-19-9-11-21(12-10-19)36-38-32(41)27-18-26-23(15-16-25-29(26)33(42)37(2)31(25)40)30(24-14-13-22(44-3)17-28(24)39)35(27,34(38)43)20-7-5-4-6-8-20/h4-15,17,25-27,29-30,36,39H,16,18H2,1-3H3. The third kappa shape index (κ3) is 3.77. The molecule has 3 fully saturated rings. The fraction of sp³-hybridized carbons (Fsp3) is 0.314. The molecule has 7 rings (SSSR count). The number of carbonyl (C=O) groups is 4. The van der Waals surface area contributed by atoms with Crippen LogP contribution in [0.5, 0.6) is 11.5 Å². The van der Waals surface area contributed by atoms with E-state index in [4.69, 9.17) is 4.74 Å². The molecule has 2 aliphatic carbocycles. The summed E-state index contributed by atoms with van der Waals surface area (Å²) < 4.78 is 5.36. The van der Waals surface area contributed by atoms with Crippen molar-refractivity contribution in [2.75, 3.05) is 19.6 Å². The Balaban J connectivity index is 1.47. The van der Waals surface area contributed by atoms with Crippen LogP contribution in [0.3, 0.4) is 0 Å². The van der Waals surface area contributed by atoms with Crippen molar-refractivity contribution < 1.29 is 29.0 Å². The molecule has 3 aromatic carbocycles. The number of aryl methyl sites for hydroxylation is 1. The van der Waals surface area contributed by atoms with Gasteiger partial charge in [0.2, 0.25) is 11.8 Å². The molecule has 1 saturated carbocycles. The van der Waals surface area contributed by atoms with Gasteiger partial charge in [-0.2, -0.15) is 5.01 Å². The summed E-state index contributed by atoms with van der Waals surface area (Å²) in [6, 6.07) is 21.6. The van der Waals surface area contributed by atoms with Crippen LogP contribution in [0.2, 0.25) is 0 Å². The zero-order chi connectivity index (χ0) is 30.9. The third-order valence-corrected chi connectivity index (χ3v) is 10.2. The number of aromatic hydroxyl groups is 1. The predicted molar refractivity (Wildman–Crippen MR) is 161 cm³/mol. The Morgan fingerprint density at radius 1 is 0.909 bits per heavy atom. The summed E-state index contributed by atoms with van der Waals surface area (Å²) in [7, 11) is 3.01. The number of anilines is 1. The average molecular weight is 592 g/mol. The summed E-state index contributed by atoms with van der Waals surface area (Å²) in [5.74, 6) is -4.31. The normalized spacial score (nSPS) is 29.2. The van der Waals surface area contributed by atoms with Crippen LogP contribution in [-0.2, 0) is 24.6 Å². The van der Waals surface area contributed by atoms with Crippen LogP contribution in [0, 0.1) is 30.6 Å². The van der Waals surface area contributed by atoms with Crippen molar-refractivity contribution in [3.05, 3.63) is 101 Å². The van der Waals surface area contributed by atoms with E-state index in [1.54, 1.807) is 12.1 Å². The summed E-state index contributed by atoms with van der Waals surface area (Å²) in [4.78, 5) is 57.4. The first-order valence-corrected chi connectivity index (χ1v) is 14.8. The molecule has 2 N–H and O–H groups in total. The minimum absolute atomic E-state index is 0.0804. The second-order valence-electron chi connectivity index (χ2n) is 12.3. The zero-order valence-corrected chi connectivity index (χ0v) is 24.7. The highest BCUT2D eigenvalue weighted by Crippen LogP contribution is 2.64. The van der Waals surface area contributed by atoms with Crippen molar-refractivity contribution in [3.63, 3.8) is 0 Å². The van der Waals surface area contributed by atoms with Crippen molar-refractivity contribution >= 4 is 29.3 Å². The molecule has 4 amide bonds. The highest BCUT2D eigenvalue weighted by molar-refractivity contribution is 6.13. The summed E-state index contributed by atoms with van der Waals surface area (Å²) in [5, 5.41) is 12.6. The number of phenols is 1. The van der Waals surface area contributed by atoms with Crippen LogP contribution in [-0.4, -0.2) is 52.8 Å². The number of likely N-dealkylation sites (tertiary alicyclic amines) is 1. The number of carbonyl (C=O) groups excluding carboxylic acids is 4. The number of rotatable bonds is 5. The lowest BCUT2D eigenvalue weighted by molar-refractivity contribution is -0.140. The summed E-state index contributed by atoms with van der Waals surface area (Å²) in [5.41, 5.74) is 5.15. The number of hydrogen-bond donors (Lipinski definition) is 2. The lowest BCUT2D eigenvalue weighted by Gasteiger charge is -2.50. The number of hydrogen-bond acceptors (Lipinski definition) is 7. The maximum absolute atomic E-state index is 15.0. The maximum atomic E-state index is 15.0. The molecule has 6 unspecified atom stereocenters. The molecule has 6 atom stereocenters. The molecule has 0 spiro atoms. The van der Waals surface area contributed by atoms with Gasteiger partial charge in [0.05, 0.1) is 36.0 Å². The summed E-state index contributed by atoms with van der Waals surface area (Å²) in [6.07, 6.45) is 2.51. The van der Waals surface area contributed by atoms with Crippen LogP contribution >= 0.6 is 0 Å². The van der Waals surface area contributed by atoms with Gasteiger partial charge in [-0.3, -0.25) is 29.5 Å². The maximum Gasteiger partial charge on any atom is 0.260 e. The molecule has 44 heavy (non-hydrogen) atoms. The van der Waals surface area contributed by atoms with Crippen molar-refractivity contribution in [1.82, 2.24) is 9.91 Å². The van der Waals surface area contributed by atoms with E-state index in [1.165, 1.54) is 25.1 Å². The Kier molecular flexibility index (Phi) is 6.39. The van der Waals surface area contributed by atoms with Gasteiger partial charge in [-0.1, -0.05) is 65.7 Å². The van der Waals surface area contributed by atoms with E-state index >= 15 is 4.79 Å². The highest BCUT2D eigenvalue weighted by atomic mass is 16.5. The number of nitrogens with one attached hydrogen (secondary N) is 1. The molecule has 3 aromatic rings. The molecule has 0 aromatic heterocycles. The number of ether oxygens (including phenoxy) is 1. The monoisotopic (exact) mass is 591 g/mol. The summed E-state index contributed by atoms with van der Waals surface area (Å²) in [6.45, 7) is 1.95. The lowest BCUT2D eigenvalue weighted by Crippen LogP contribution is -2.53. The van der Waals surface area contributed by atoms with E-state index in [-0.39, 0.29) is 24.0 Å². The Morgan fingerprint density at radius 3 is 2.32 bits per heavy atom. The van der Waals surface area contributed by atoms with Gasteiger partial charge in [0.1, 0.15) is 11.5 Å². The predicted octanol–water partition coefficient (Wildman–Crippen LogP) is 4.32. The Morgan fingerprint density at radius 2 is 1.64 bits per heavy atom. The first-order valence-electron chi connectivity index (χ1n) is 14.8. The molecule has 224 valence electrons. The molecule has 4 aliphatic rings. The fourth-order valence-electron chi connectivity index (χ4n) is 8.14. The number of imide groups is 2. The van der Waals surface area contributed by atoms with Gasteiger partial charge in [0.15, 0.2) is 0 Å². The van der Waals surface area contributed by atoms with Crippen molar-refractivity contribution in [3.8, 4) is 11.5 Å². The van der Waals surface area contributed by atoms with Gasteiger partial charge in [-0.25, -0.2) is 0 Å². The van der Waals surface area contributed by atoms with Gasteiger partial charge in [-0.05, 0) is 49.4 Å². The minimum Gasteiger partial charge on any atom is -0.508 e. The molecular weight excluding hydrogens is 558 g/mol. The zero-order valence-electron chi connectivity index (χ0n) is 24.7. The van der Waals surface area contributed by atoms with E-state index in [0.29, 0.717) is 29.0 Å². The number of amides is 4. The van der Waals surface area contributed by atoms with Crippen LogP contribution in [0.4, 0.5) is 5.69 Å². The van der Waals surface area contributed by atoms with E-state index < -0.39 is 46.8 Å². The second kappa shape index (κ2) is 10.1. The van der Waals surface area contributed by atoms with Crippen molar-refractivity contribution in [1.29, 1.82) is 0 Å². The smallest absolute Gasteiger partial charge is 0.260 e. The number of allylic oxidation sites excluding steroid dienone is 2. The number of fused-ring (bicyclic) bond motifs is 4. The van der Waals surface area contributed by atoms with Gasteiger partial charge in [0, 0.05) is 24.6 Å². The number of methoxy groups -OCH3 is 1. The molecular formula is C35H33N3O6. The number of phenolic OH excluding ortho intramolecular Hbond substituents is 1. The van der Waals surface area contributed by atoms with Gasteiger partial charge >= 0.3 is 0 Å². The Labute approximate surface area is 255 Å². The van der Waals surface area contributed by atoms with E-state index in [2.05, 4.69) is 5.43 Å². The molecule has 9 nitrogen and oxygen atoms in total. The van der Waals surface area contributed by atoms with Crippen LogP contribution in [0.25, 0.3) is 0 Å². The Hall–Kier alpha value is -4.92. The third-order valence-electron chi connectivity index (χ3n) is 10.2. The summed E-state index contributed by atoms with van der Waals surface area (Å²) >= 11 is 0. The van der Waals surface area contributed by atoms with Crippen molar-refractivity contribution in [2.45, 2.75) is 31.1 Å². The largest absolute Gasteiger partial charge is 0.508 e. The minimum atomic E-state index is -1.44. The second-order valence-corrected chi connectivity index (χ2v) is 12.3. The molecule has 0 bridgehead atoms. The Bertz CT molecular complexity index is 1730. The van der Waals surface area contributed by atoms with Gasteiger partial charge in [0.25, 0.3) is 11.8 Å². The van der Waals surface area contributed by atoms with E-state index in [1.807, 2.05) is 67.6 Å². The lowest BCUT2D eigenvalue weighted by atomic mass is 9.49. The number of benzene rings is 3. The fourth-order valence-corrected chi connectivity index (χ4v) is 8.14. The van der Waals surface area contributed by atoms with Crippen LogP contribution < -0.4 is 10.2 Å². The highest BCUT2D eigenvalue weighted by Gasteiger charge is 2.70. The first-order chi connectivity index (χ1) is 21.2. The van der Waals surface area contributed by atoms with Crippen LogP contribution in [0.15, 0.2) is 84.4 Å². The number of nitrogens with zero attached hydrogens (tertiary/aromatic N) is 2. The molecule has 0 radical (unpaired) electrons. The van der Waals surface area contributed by atoms with Crippen molar-refractivity contribution in [2.24, 2.45) is 23.7 Å². The average Bonchev–Trinajstić information content (AvgIpc) is 3.39. The topological polar surface area (TPSA) is 116 Å². The quantitative estimate of drug-likeness (QED) is 0.335. The molecule has 9 heteroatoms. The molecule has 2 heterocycles. The van der Waals surface area contributed by atoms with Gasteiger partial charge in [-0.15, -0.1) is 0 Å². The van der Waals surface area contributed by atoms with Gasteiger partial charge < -0.3 is 9.84 Å². The van der Waals surface area contributed by atoms with E-state index in [0.717, 1.165) is 16.1 Å². The van der Waals surface area contributed by atoms with Crippen LogP contribution in [0.1, 0.15) is 35.4 Å². The van der Waals surface area contributed by atoms with E-state index in [9.17, 15) is 19.5 Å². The SMILES string of the molecule is COc1ccc(C2C3=CCC4C(=O)N(C)C(=O)C4C3CC3C(=O)N(Nc4ccc(C)cc4)C(=O)C32c2ccccc2)c(O)c1. The molecule has 2 aliphatic heterocycles. The number of hydrazine groups is 1. The molecule has 2 saturated heterocycles. The first kappa shape index (κ1) is 27.9.